The van der Waals surface area contributed by atoms with E-state index in [2.05, 4.69) is 33.7 Å². The number of nitrogens with zero attached hydrogens (tertiary/aromatic N) is 3. The molecule has 94 valence electrons. The van der Waals surface area contributed by atoms with Gasteiger partial charge in [0.2, 0.25) is 6.61 Å². The fourth-order valence-electron chi connectivity index (χ4n) is 1.16. The SMILES string of the molecule is CCN(CC)c1ncc(C=NOCC(=O)O)s1. The predicted octanol–water partition coefficient (Wildman–Crippen LogP) is 1.42. The van der Waals surface area contributed by atoms with Gasteiger partial charge in [-0.15, -0.1) is 0 Å². The van der Waals surface area contributed by atoms with Gasteiger partial charge in [-0.25, -0.2) is 9.78 Å². The molecule has 0 spiro atoms. The molecule has 0 saturated carbocycles. The van der Waals surface area contributed by atoms with Gasteiger partial charge in [0.05, 0.1) is 11.1 Å². The lowest BCUT2D eigenvalue weighted by Gasteiger charge is -2.16. The summed E-state index contributed by atoms with van der Waals surface area (Å²) in [5.41, 5.74) is 0. The van der Waals surface area contributed by atoms with Crippen molar-refractivity contribution in [3.8, 4) is 0 Å². The zero-order chi connectivity index (χ0) is 12.7. The molecule has 0 saturated heterocycles. The van der Waals surface area contributed by atoms with Crippen LogP contribution in [0.1, 0.15) is 18.7 Å². The maximum Gasteiger partial charge on any atom is 0.344 e. The zero-order valence-corrected chi connectivity index (χ0v) is 10.6. The maximum absolute atomic E-state index is 10.2. The molecular formula is C10H15N3O3S. The van der Waals surface area contributed by atoms with Crippen molar-refractivity contribution in [1.82, 2.24) is 4.98 Å². The van der Waals surface area contributed by atoms with E-state index in [1.807, 2.05) is 0 Å². The van der Waals surface area contributed by atoms with Gasteiger partial charge in [-0.3, -0.25) is 0 Å². The van der Waals surface area contributed by atoms with Crippen LogP contribution < -0.4 is 4.90 Å². The van der Waals surface area contributed by atoms with Crippen molar-refractivity contribution in [3.63, 3.8) is 0 Å². The van der Waals surface area contributed by atoms with Crippen LogP contribution >= 0.6 is 11.3 Å². The van der Waals surface area contributed by atoms with Gasteiger partial charge in [-0.1, -0.05) is 16.5 Å². The topological polar surface area (TPSA) is 75.0 Å². The lowest BCUT2D eigenvalue weighted by Crippen LogP contribution is -2.21. The highest BCUT2D eigenvalue weighted by Crippen LogP contribution is 2.20. The van der Waals surface area contributed by atoms with Gasteiger partial charge in [-0.05, 0) is 13.8 Å². The minimum absolute atomic E-state index is 0.432. The average molecular weight is 257 g/mol. The summed E-state index contributed by atoms with van der Waals surface area (Å²) in [6.07, 6.45) is 3.15. The van der Waals surface area contributed by atoms with Crippen molar-refractivity contribution in [2.75, 3.05) is 24.6 Å². The number of thiazole rings is 1. The van der Waals surface area contributed by atoms with Gasteiger partial charge < -0.3 is 14.8 Å². The van der Waals surface area contributed by atoms with Crippen molar-refractivity contribution in [3.05, 3.63) is 11.1 Å². The van der Waals surface area contributed by atoms with Crippen molar-refractivity contribution in [2.24, 2.45) is 5.16 Å². The van der Waals surface area contributed by atoms with Gasteiger partial charge in [0.15, 0.2) is 5.13 Å². The average Bonchev–Trinajstić information content (AvgIpc) is 2.75. The molecule has 1 rings (SSSR count). The lowest BCUT2D eigenvalue weighted by molar-refractivity contribution is -0.142. The highest BCUT2D eigenvalue weighted by molar-refractivity contribution is 7.17. The summed E-state index contributed by atoms with van der Waals surface area (Å²) in [7, 11) is 0. The molecule has 0 bridgehead atoms. The molecule has 0 aliphatic carbocycles. The number of aliphatic carboxylic acids is 1. The molecule has 17 heavy (non-hydrogen) atoms. The maximum atomic E-state index is 10.2. The number of hydrogen-bond acceptors (Lipinski definition) is 6. The number of hydrogen-bond donors (Lipinski definition) is 1. The van der Waals surface area contributed by atoms with E-state index in [0.29, 0.717) is 0 Å². The first-order chi connectivity index (χ1) is 8.17. The summed E-state index contributed by atoms with van der Waals surface area (Å²) in [5, 5.41) is 12.8. The third-order valence-electron chi connectivity index (χ3n) is 1.99. The lowest BCUT2D eigenvalue weighted by atomic mass is 10.6. The molecule has 1 aromatic rings. The van der Waals surface area contributed by atoms with E-state index in [1.54, 1.807) is 6.20 Å². The Morgan fingerprint density at radius 2 is 2.35 bits per heavy atom. The number of carboxylic acid groups (broad SMARTS) is 1. The number of oxime groups is 1. The van der Waals surface area contributed by atoms with Crippen LogP contribution in [0.4, 0.5) is 5.13 Å². The van der Waals surface area contributed by atoms with E-state index in [-0.39, 0.29) is 0 Å². The van der Waals surface area contributed by atoms with Crippen LogP contribution in [0.2, 0.25) is 0 Å². The third-order valence-corrected chi connectivity index (χ3v) is 2.98. The molecule has 6 nitrogen and oxygen atoms in total. The van der Waals surface area contributed by atoms with Crippen LogP contribution in [0.3, 0.4) is 0 Å². The van der Waals surface area contributed by atoms with E-state index in [1.165, 1.54) is 17.6 Å². The second kappa shape index (κ2) is 6.85. The molecule has 0 aliphatic rings. The molecule has 0 radical (unpaired) electrons. The first kappa shape index (κ1) is 13.4. The van der Waals surface area contributed by atoms with Crippen LogP contribution in [0.15, 0.2) is 11.4 Å². The standard InChI is InChI=1S/C10H15N3O3S/c1-3-13(4-2)10-11-5-8(17-10)6-12-16-7-9(14)15/h5-6H,3-4,7H2,1-2H3,(H,14,15). The molecule has 1 N–H and O–H groups in total. The Kier molecular flexibility index (Phi) is 5.41. The van der Waals surface area contributed by atoms with Gasteiger partial charge in [0.1, 0.15) is 0 Å². The molecule has 0 unspecified atom stereocenters. The summed E-state index contributed by atoms with van der Waals surface area (Å²) in [5.74, 6) is -1.05. The third kappa shape index (κ3) is 4.39. The smallest absolute Gasteiger partial charge is 0.344 e. The van der Waals surface area contributed by atoms with Crippen molar-refractivity contribution >= 4 is 28.7 Å². The number of rotatable bonds is 7. The van der Waals surface area contributed by atoms with Crippen LogP contribution in [0.5, 0.6) is 0 Å². The van der Waals surface area contributed by atoms with Crippen molar-refractivity contribution < 1.29 is 14.7 Å². The number of anilines is 1. The highest BCUT2D eigenvalue weighted by Gasteiger charge is 2.06. The normalized spacial score (nSPS) is 10.7. The molecule has 0 aliphatic heterocycles. The molecule has 0 atom stereocenters. The molecule has 1 aromatic heterocycles. The first-order valence-electron chi connectivity index (χ1n) is 5.25. The second-order valence-electron chi connectivity index (χ2n) is 3.12. The van der Waals surface area contributed by atoms with E-state index in [4.69, 9.17) is 5.11 Å². The minimum Gasteiger partial charge on any atom is -0.479 e. The molecule has 7 heteroatoms. The molecule has 0 aromatic carbocycles. The summed E-state index contributed by atoms with van der Waals surface area (Å²) in [6, 6.07) is 0. The number of carbonyl (C=O) groups is 1. The van der Waals surface area contributed by atoms with Crippen LogP contribution in [0, 0.1) is 0 Å². The fourth-order valence-corrected chi connectivity index (χ4v) is 2.06. The van der Waals surface area contributed by atoms with Crippen LogP contribution in [-0.4, -0.2) is 42.0 Å². The summed E-state index contributed by atoms with van der Waals surface area (Å²) in [4.78, 5) is 21.9. The Morgan fingerprint density at radius 3 is 2.94 bits per heavy atom. The highest BCUT2D eigenvalue weighted by atomic mass is 32.1. The Balaban J connectivity index is 2.53. The van der Waals surface area contributed by atoms with Gasteiger partial charge >= 0.3 is 5.97 Å². The Labute approximate surface area is 104 Å². The monoisotopic (exact) mass is 257 g/mol. The molecule has 0 amide bonds. The largest absolute Gasteiger partial charge is 0.479 e. The summed E-state index contributed by atoms with van der Waals surface area (Å²) in [6.45, 7) is 5.49. The minimum atomic E-state index is -1.05. The predicted molar refractivity (Wildman–Crippen MR) is 66.9 cm³/mol. The van der Waals surface area contributed by atoms with E-state index < -0.39 is 12.6 Å². The Hall–Kier alpha value is -1.63. The fraction of sp³-hybridized carbons (Fsp3) is 0.500. The van der Waals surface area contributed by atoms with Crippen LogP contribution in [-0.2, 0) is 9.63 Å². The Morgan fingerprint density at radius 1 is 1.65 bits per heavy atom. The summed E-state index contributed by atoms with van der Waals surface area (Å²) >= 11 is 1.49. The van der Waals surface area contributed by atoms with E-state index in [9.17, 15) is 4.79 Å². The van der Waals surface area contributed by atoms with Crippen LogP contribution in [0.25, 0.3) is 0 Å². The van der Waals surface area contributed by atoms with E-state index in [0.717, 1.165) is 23.1 Å². The number of aromatic nitrogens is 1. The first-order valence-corrected chi connectivity index (χ1v) is 6.06. The van der Waals surface area contributed by atoms with E-state index >= 15 is 0 Å². The van der Waals surface area contributed by atoms with Crippen molar-refractivity contribution in [1.29, 1.82) is 0 Å². The Bertz CT molecular complexity index is 388. The van der Waals surface area contributed by atoms with Gasteiger partial charge in [0, 0.05) is 19.3 Å². The summed E-state index contributed by atoms with van der Waals surface area (Å²) < 4.78 is 0. The molecule has 0 fully saturated rings. The number of carboxylic acids is 1. The quantitative estimate of drug-likeness (QED) is 0.590. The second-order valence-corrected chi connectivity index (χ2v) is 4.16. The van der Waals surface area contributed by atoms with Gasteiger partial charge in [0.25, 0.3) is 0 Å². The zero-order valence-electron chi connectivity index (χ0n) is 9.79. The van der Waals surface area contributed by atoms with Gasteiger partial charge in [-0.2, -0.15) is 0 Å². The molecule has 1 heterocycles. The molecular weight excluding hydrogens is 242 g/mol. The van der Waals surface area contributed by atoms with Crippen molar-refractivity contribution in [2.45, 2.75) is 13.8 Å².